The third-order valence-corrected chi connectivity index (χ3v) is 6.50. The Labute approximate surface area is 209 Å². The molecule has 2 aromatic rings. The zero-order chi connectivity index (χ0) is 26.5. The van der Waals surface area contributed by atoms with Crippen LogP contribution in [0.4, 0.5) is 18.9 Å². The maximum absolute atomic E-state index is 13.4. The quantitative estimate of drug-likeness (QED) is 0.492. The van der Waals surface area contributed by atoms with Crippen LogP contribution in [0, 0.1) is 6.92 Å². The van der Waals surface area contributed by atoms with Gasteiger partial charge in [-0.05, 0) is 70.9 Å². The van der Waals surface area contributed by atoms with Gasteiger partial charge in [-0.3, -0.25) is 9.59 Å². The van der Waals surface area contributed by atoms with Gasteiger partial charge < -0.3 is 24.8 Å². The zero-order valence-corrected chi connectivity index (χ0v) is 21.2. The molecule has 2 N–H and O–H groups in total. The monoisotopic (exact) mass is 508 g/mol. The van der Waals surface area contributed by atoms with Crippen molar-refractivity contribution < 1.29 is 22.7 Å². The number of rotatable bonds is 9. The Bertz CT molecular complexity index is 1110. The second-order valence-corrected chi connectivity index (χ2v) is 9.49. The molecule has 36 heavy (non-hydrogen) atoms. The minimum atomic E-state index is -4.48. The molecule has 1 atom stereocenters. The van der Waals surface area contributed by atoms with Crippen LogP contribution in [0.25, 0.3) is 0 Å². The Hall–Kier alpha value is -2.85. The van der Waals surface area contributed by atoms with Crippen LogP contribution in [0.5, 0.6) is 0 Å². The number of pyridine rings is 1. The van der Waals surface area contributed by atoms with Crippen molar-refractivity contribution >= 4 is 11.6 Å². The molecular weight excluding hydrogens is 473 g/mol. The Morgan fingerprint density at radius 2 is 1.94 bits per heavy atom. The van der Waals surface area contributed by atoms with Gasteiger partial charge in [-0.15, -0.1) is 0 Å². The summed E-state index contributed by atoms with van der Waals surface area (Å²) in [4.78, 5) is 28.4. The Balaban J connectivity index is 1.89. The van der Waals surface area contributed by atoms with E-state index in [2.05, 4.69) is 10.6 Å². The highest BCUT2D eigenvalue weighted by Crippen LogP contribution is 2.34. The summed E-state index contributed by atoms with van der Waals surface area (Å²) in [5.74, 6) is -0.463. The van der Waals surface area contributed by atoms with Crippen LogP contribution < -0.4 is 16.2 Å². The lowest BCUT2D eigenvalue weighted by Crippen LogP contribution is -2.33. The van der Waals surface area contributed by atoms with E-state index in [0.717, 1.165) is 19.0 Å². The third kappa shape index (κ3) is 6.88. The second-order valence-electron chi connectivity index (χ2n) is 9.49. The van der Waals surface area contributed by atoms with Crippen LogP contribution >= 0.6 is 0 Å². The molecule has 198 valence electrons. The molecule has 7 nitrogen and oxygen atoms in total. The first kappa shape index (κ1) is 27.7. The highest BCUT2D eigenvalue weighted by Gasteiger charge is 2.33. The van der Waals surface area contributed by atoms with E-state index in [9.17, 15) is 22.8 Å². The Kier molecular flexibility index (Phi) is 9.19. The number of alkyl halides is 3. The van der Waals surface area contributed by atoms with Crippen molar-refractivity contribution in [3.05, 3.63) is 63.1 Å². The molecular formula is C26H35F3N4O3. The summed E-state index contributed by atoms with van der Waals surface area (Å²) in [6, 6.07) is 4.64. The summed E-state index contributed by atoms with van der Waals surface area (Å²) in [7, 11) is 3.93. The van der Waals surface area contributed by atoms with Gasteiger partial charge in [0.2, 0.25) is 0 Å². The number of ether oxygens (including phenoxy) is 1. The zero-order valence-electron chi connectivity index (χ0n) is 21.2. The van der Waals surface area contributed by atoms with Gasteiger partial charge in [-0.25, -0.2) is 0 Å². The van der Waals surface area contributed by atoms with E-state index in [1.165, 1.54) is 19.1 Å². The van der Waals surface area contributed by atoms with Gasteiger partial charge in [-0.2, -0.15) is 13.2 Å². The van der Waals surface area contributed by atoms with E-state index in [1.807, 2.05) is 19.0 Å². The number of carbonyl (C=O) groups excluding carboxylic acids is 1. The van der Waals surface area contributed by atoms with E-state index in [0.29, 0.717) is 43.9 Å². The first-order valence-corrected chi connectivity index (χ1v) is 12.2. The highest BCUT2D eigenvalue weighted by atomic mass is 19.4. The molecule has 1 aromatic heterocycles. The highest BCUT2D eigenvalue weighted by molar-refractivity contribution is 5.99. The molecule has 3 rings (SSSR count). The number of halogens is 3. The van der Waals surface area contributed by atoms with Crippen molar-refractivity contribution in [2.24, 2.45) is 0 Å². The summed E-state index contributed by atoms with van der Waals surface area (Å²) in [5, 5.41) is 6.04. The number of nitrogens with one attached hydrogen (secondary N) is 2. The molecule has 0 spiro atoms. The van der Waals surface area contributed by atoms with E-state index in [1.54, 1.807) is 23.8 Å². The van der Waals surface area contributed by atoms with Crippen LogP contribution in [0.2, 0.25) is 0 Å². The van der Waals surface area contributed by atoms with Gasteiger partial charge in [0, 0.05) is 38.1 Å². The van der Waals surface area contributed by atoms with Gasteiger partial charge in [0.15, 0.2) is 0 Å². The average Bonchev–Trinajstić information content (AvgIpc) is 2.81. The Morgan fingerprint density at radius 1 is 1.25 bits per heavy atom. The van der Waals surface area contributed by atoms with Gasteiger partial charge in [0.05, 0.1) is 22.9 Å². The van der Waals surface area contributed by atoms with Gasteiger partial charge in [-0.1, -0.05) is 12.1 Å². The number of nitrogens with zero attached hydrogens (tertiary/aromatic N) is 2. The number of carbonyl (C=O) groups is 1. The fourth-order valence-corrected chi connectivity index (χ4v) is 4.52. The van der Waals surface area contributed by atoms with Crippen LogP contribution in [-0.2, 0) is 10.9 Å². The van der Waals surface area contributed by atoms with Crippen LogP contribution in [0.15, 0.2) is 35.3 Å². The SMILES string of the molecule is Cc1c([C@@H](C)NC(=O)c2cn(C3CCOCC3)c(=O)cc2NCCCN(C)C)cccc1C(F)(F)F. The fourth-order valence-electron chi connectivity index (χ4n) is 4.52. The molecule has 1 amide bonds. The third-order valence-electron chi connectivity index (χ3n) is 6.50. The summed E-state index contributed by atoms with van der Waals surface area (Å²) in [6.45, 7) is 5.52. The molecule has 0 aliphatic carbocycles. The largest absolute Gasteiger partial charge is 0.416 e. The summed E-state index contributed by atoms with van der Waals surface area (Å²) < 4.78 is 47.1. The molecule has 1 saturated heterocycles. The van der Waals surface area contributed by atoms with Crippen molar-refractivity contribution in [2.75, 3.05) is 45.7 Å². The molecule has 1 fully saturated rings. The molecule has 1 aliphatic rings. The van der Waals surface area contributed by atoms with Gasteiger partial charge >= 0.3 is 6.18 Å². The topological polar surface area (TPSA) is 75.6 Å². The standard InChI is InChI=1S/C26H35F3N4O3/c1-17-20(7-5-8-22(17)26(27,28)29)18(2)31-25(35)21-16-33(19-9-13-36-14-10-19)24(34)15-23(21)30-11-6-12-32(3)4/h5,7-8,15-16,18-19,30H,6,9-14H2,1-4H3,(H,31,35)/t18-/m1/s1. The summed E-state index contributed by atoms with van der Waals surface area (Å²) in [5.41, 5.74) is 0.214. The van der Waals surface area contributed by atoms with Crippen molar-refractivity contribution in [1.29, 1.82) is 0 Å². The fraction of sp³-hybridized carbons (Fsp3) is 0.538. The number of hydrogen-bond donors (Lipinski definition) is 2. The predicted molar refractivity (Wildman–Crippen MR) is 134 cm³/mol. The van der Waals surface area contributed by atoms with E-state index in [4.69, 9.17) is 4.74 Å². The lowest BCUT2D eigenvalue weighted by Gasteiger charge is -2.26. The van der Waals surface area contributed by atoms with Crippen molar-refractivity contribution in [3.63, 3.8) is 0 Å². The summed E-state index contributed by atoms with van der Waals surface area (Å²) in [6.07, 6.45) is -0.788. The number of hydrogen-bond acceptors (Lipinski definition) is 5. The van der Waals surface area contributed by atoms with Crippen LogP contribution in [0.3, 0.4) is 0 Å². The number of benzene rings is 1. The first-order chi connectivity index (χ1) is 17.0. The molecule has 1 aromatic carbocycles. The van der Waals surface area contributed by atoms with Gasteiger partial charge in [0.1, 0.15) is 0 Å². The molecule has 0 bridgehead atoms. The minimum Gasteiger partial charge on any atom is -0.384 e. The lowest BCUT2D eigenvalue weighted by atomic mass is 9.97. The molecule has 10 heteroatoms. The summed E-state index contributed by atoms with van der Waals surface area (Å²) >= 11 is 0. The van der Waals surface area contributed by atoms with Crippen molar-refractivity contribution in [3.8, 4) is 0 Å². The maximum Gasteiger partial charge on any atom is 0.416 e. The number of aromatic nitrogens is 1. The molecule has 2 heterocycles. The minimum absolute atomic E-state index is 0.0759. The molecule has 0 unspecified atom stereocenters. The molecule has 0 radical (unpaired) electrons. The lowest BCUT2D eigenvalue weighted by molar-refractivity contribution is -0.138. The second kappa shape index (κ2) is 11.9. The maximum atomic E-state index is 13.4. The number of anilines is 1. The van der Waals surface area contributed by atoms with Crippen molar-refractivity contribution in [1.82, 2.24) is 14.8 Å². The van der Waals surface area contributed by atoms with Crippen LogP contribution in [0.1, 0.15) is 65.3 Å². The van der Waals surface area contributed by atoms with E-state index < -0.39 is 23.7 Å². The molecule has 1 aliphatic heterocycles. The van der Waals surface area contributed by atoms with E-state index >= 15 is 0 Å². The Morgan fingerprint density at radius 3 is 2.58 bits per heavy atom. The van der Waals surface area contributed by atoms with Crippen molar-refractivity contribution in [2.45, 2.75) is 51.4 Å². The van der Waals surface area contributed by atoms with Crippen LogP contribution in [-0.4, -0.2) is 55.8 Å². The smallest absolute Gasteiger partial charge is 0.384 e. The first-order valence-electron chi connectivity index (χ1n) is 12.2. The van der Waals surface area contributed by atoms with E-state index in [-0.39, 0.29) is 22.7 Å². The predicted octanol–water partition coefficient (Wildman–Crippen LogP) is 4.38. The average molecular weight is 509 g/mol. The molecule has 0 saturated carbocycles. The number of amides is 1. The normalized spacial score (nSPS) is 15.7. The van der Waals surface area contributed by atoms with Gasteiger partial charge in [0.25, 0.3) is 11.5 Å².